The number of carbonyl (C=O) groups is 1. The molecule has 0 radical (unpaired) electrons. The van der Waals surface area contributed by atoms with E-state index < -0.39 is 4.92 Å². The molecule has 118 valence electrons. The van der Waals surface area contributed by atoms with Gasteiger partial charge in [-0.2, -0.15) is 0 Å². The molecule has 2 rings (SSSR count). The van der Waals surface area contributed by atoms with Gasteiger partial charge in [0.25, 0.3) is 5.69 Å². The van der Waals surface area contributed by atoms with Crippen LogP contribution in [-0.2, 0) is 0 Å². The molecule has 0 saturated heterocycles. The van der Waals surface area contributed by atoms with E-state index in [0.717, 1.165) is 0 Å². The smallest absolute Gasteiger partial charge is 0.273 e. The van der Waals surface area contributed by atoms with Crippen molar-refractivity contribution in [2.45, 2.75) is 19.8 Å². The second kappa shape index (κ2) is 6.87. The first kappa shape index (κ1) is 16.4. The number of benzene rings is 2. The van der Waals surface area contributed by atoms with Gasteiger partial charge in [-0.1, -0.05) is 32.1 Å². The summed E-state index contributed by atoms with van der Waals surface area (Å²) < 4.78 is 0. The zero-order valence-electron chi connectivity index (χ0n) is 12.9. The van der Waals surface area contributed by atoms with Crippen LogP contribution in [0.4, 0.5) is 5.69 Å². The average Bonchev–Trinajstić information content (AvgIpc) is 2.52. The van der Waals surface area contributed by atoms with Crippen LogP contribution in [0.3, 0.4) is 0 Å². The SMILES string of the molecule is CC(C)c1ccc(/C=C/C(=O)c2ccc(O)cc2)cc1[N+](=O)[O-]. The van der Waals surface area contributed by atoms with Crippen LogP contribution >= 0.6 is 0 Å². The van der Waals surface area contributed by atoms with E-state index in [1.807, 2.05) is 13.8 Å². The third kappa shape index (κ3) is 4.03. The second-order valence-corrected chi connectivity index (χ2v) is 5.47. The Morgan fingerprint density at radius 1 is 1.17 bits per heavy atom. The number of rotatable bonds is 5. The van der Waals surface area contributed by atoms with Gasteiger partial charge in [-0.25, -0.2) is 0 Å². The molecule has 0 aliphatic heterocycles. The summed E-state index contributed by atoms with van der Waals surface area (Å²) in [6.07, 6.45) is 2.91. The number of carbonyl (C=O) groups excluding carboxylic acids is 1. The van der Waals surface area contributed by atoms with Gasteiger partial charge >= 0.3 is 0 Å². The molecule has 0 saturated carbocycles. The summed E-state index contributed by atoms with van der Waals surface area (Å²) in [5.74, 6) is -0.0990. The molecule has 0 bridgehead atoms. The normalized spacial score (nSPS) is 11.1. The van der Waals surface area contributed by atoms with Gasteiger partial charge in [-0.15, -0.1) is 0 Å². The lowest BCUT2D eigenvalue weighted by atomic mass is 9.99. The van der Waals surface area contributed by atoms with Crippen LogP contribution in [0.5, 0.6) is 5.75 Å². The molecule has 5 heteroatoms. The average molecular weight is 311 g/mol. The van der Waals surface area contributed by atoms with E-state index in [1.165, 1.54) is 36.4 Å². The molecule has 0 aliphatic carbocycles. The Morgan fingerprint density at radius 2 is 1.83 bits per heavy atom. The van der Waals surface area contributed by atoms with Crippen molar-refractivity contribution in [2.75, 3.05) is 0 Å². The Kier molecular flexibility index (Phi) is 4.91. The second-order valence-electron chi connectivity index (χ2n) is 5.47. The number of aromatic hydroxyl groups is 1. The molecule has 0 heterocycles. The van der Waals surface area contributed by atoms with Crippen LogP contribution in [0, 0.1) is 10.1 Å². The zero-order valence-corrected chi connectivity index (χ0v) is 12.9. The Bertz CT molecular complexity index is 761. The van der Waals surface area contributed by atoms with Crippen LogP contribution < -0.4 is 0 Å². The third-order valence-corrected chi connectivity index (χ3v) is 3.45. The summed E-state index contributed by atoms with van der Waals surface area (Å²) in [5.41, 5.74) is 1.75. The monoisotopic (exact) mass is 311 g/mol. The lowest BCUT2D eigenvalue weighted by Crippen LogP contribution is -1.98. The van der Waals surface area contributed by atoms with Gasteiger partial charge in [0.1, 0.15) is 5.75 Å². The van der Waals surface area contributed by atoms with Gasteiger partial charge in [-0.05, 0) is 41.8 Å². The predicted molar refractivity (Wildman–Crippen MR) is 88.7 cm³/mol. The molecule has 0 unspecified atom stereocenters. The fraction of sp³-hybridized carbons (Fsp3) is 0.167. The summed E-state index contributed by atoms with van der Waals surface area (Å²) in [6, 6.07) is 10.8. The van der Waals surface area contributed by atoms with Gasteiger partial charge in [0.2, 0.25) is 0 Å². The van der Waals surface area contributed by atoms with E-state index in [-0.39, 0.29) is 23.1 Å². The number of phenolic OH excluding ortho intramolecular Hbond substituents is 1. The van der Waals surface area contributed by atoms with Gasteiger partial charge < -0.3 is 5.11 Å². The van der Waals surface area contributed by atoms with Crippen molar-refractivity contribution < 1.29 is 14.8 Å². The fourth-order valence-corrected chi connectivity index (χ4v) is 2.20. The summed E-state index contributed by atoms with van der Waals surface area (Å²) in [4.78, 5) is 22.8. The minimum Gasteiger partial charge on any atom is -0.508 e. The highest BCUT2D eigenvalue weighted by Gasteiger charge is 2.16. The third-order valence-electron chi connectivity index (χ3n) is 3.45. The van der Waals surface area contributed by atoms with E-state index in [0.29, 0.717) is 16.7 Å². The summed E-state index contributed by atoms with van der Waals surface area (Å²) in [5, 5.41) is 20.4. The minimum atomic E-state index is -0.408. The van der Waals surface area contributed by atoms with E-state index >= 15 is 0 Å². The number of nitro groups is 1. The highest BCUT2D eigenvalue weighted by Crippen LogP contribution is 2.27. The van der Waals surface area contributed by atoms with Crippen LogP contribution in [0.2, 0.25) is 0 Å². The van der Waals surface area contributed by atoms with Crippen molar-refractivity contribution in [1.29, 1.82) is 0 Å². The van der Waals surface area contributed by atoms with Crippen molar-refractivity contribution in [1.82, 2.24) is 0 Å². The lowest BCUT2D eigenvalue weighted by Gasteiger charge is -2.06. The Hall–Kier alpha value is -2.95. The van der Waals surface area contributed by atoms with Crippen molar-refractivity contribution in [3.63, 3.8) is 0 Å². The topological polar surface area (TPSA) is 80.4 Å². The fourth-order valence-electron chi connectivity index (χ4n) is 2.20. The van der Waals surface area contributed by atoms with Crippen LogP contribution in [0.1, 0.15) is 41.3 Å². The largest absolute Gasteiger partial charge is 0.508 e. The molecule has 2 aromatic rings. The van der Waals surface area contributed by atoms with E-state index in [9.17, 15) is 20.0 Å². The van der Waals surface area contributed by atoms with Crippen LogP contribution in [-0.4, -0.2) is 15.8 Å². The van der Waals surface area contributed by atoms with E-state index in [2.05, 4.69) is 0 Å². The van der Waals surface area contributed by atoms with Gasteiger partial charge in [0, 0.05) is 17.2 Å². The molecule has 0 aliphatic rings. The summed E-state index contributed by atoms with van der Waals surface area (Å²) in [6.45, 7) is 3.79. The molecule has 0 aromatic heterocycles. The first-order chi connectivity index (χ1) is 10.9. The number of nitrogens with zero attached hydrogens (tertiary/aromatic N) is 1. The number of hydrogen-bond acceptors (Lipinski definition) is 4. The van der Waals surface area contributed by atoms with Crippen molar-refractivity contribution in [2.24, 2.45) is 0 Å². The zero-order chi connectivity index (χ0) is 17.0. The highest BCUT2D eigenvalue weighted by atomic mass is 16.6. The molecule has 0 fully saturated rings. The Labute approximate surface area is 134 Å². The molecule has 1 N–H and O–H groups in total. The lowest BCUT2D eigenvalue weighted by molar-refractivity contribution is -0.385. The maximum atomic E-state index is 12.0. The molecule has 5 nitrogen and oxygen atoms in total. The first-order valence-corrected chi connectivity index (χ1v) is 7.18. The predicted octanol–water partition coefficient (Wildman–Crippen LogP) is 4.32. The van der Waals surface area contributed by atoms with Gasteiger partial charge in [0.05, 0.1) is 4.92 Å². The summed E-state index contributed by atoms with van der Waals surface area (Å²) >= 11 is 0. The maximum Gasteiger partial charge on any atom is 0.273 e. The molecular formula is C18H17NO4. The van der Waals surface area contributed by atoms with Crippen molar-refractivity contribution in [3.8, 4) is 5.75 Å². The Balaban J connectivity index is 2.25. The van der Waals surface area contributed by atoms with Crippen molar-refractivity contribution >= 4 is 17.5 Å². The molecule has 0 atom stereocenters. The highest BCUT2D eigenvalue weighted by molar-refractivity contribution is 6.06. The standard InChI is InChI=1S/C18H17NO4/c1-12(2)16-9-3-13(11-17(16)19(22)23)4-10-18(21)14-5-7-15(20)8-6-14/h3-12,20H,1-2H3/b10-4+. The number of hydrogen-bond donors (Lipinski definition) is 1. The number of allylic oxidation sites excluding steroid dienone is 1. The number of ketones is 1. The van der Waals surface area contributed by atoms with Crippen LogP contribution in [0.25, 0.3) is 6.08 Å². The summed E-state index contributed by atoms with van der Waals surface area (Å²) in [7, 11) is 0. The molecule has 0 spiro atoms. The first-order valence-electron chi connectivity index (χ1n) is 7.18. The number of phenols is 1. The molecule has 23 heavy (non-hydrogen) atoms. The number of nitro benzene ring substituents is 1. The molecule has 2 aromatic carbocycles. The van der Waals surface area contributed by atoms with Gasteiger partial charge in [0.15, 0.2) is 5.78 Å². The maximum absolute atomic E-state index is 12.0. The molecule has 0 amide bonds. The Morgan fingerprint density at radius 3 is 2.39 bits per heavy atom. The van der Waals surface area contributed by atoms with Gasteiger partial charge in [-0.3, -0.25) is 14.9 Å². The quantitative estimate of drug-likeness (QED) is 0.386. The van der Waals surface area contributed by atoms with Crippen LogP contribution in [0.15, 0.2) is 48.5 Å². The molecular weight excluding hydrogens is 294 g/mol. The van der Waals surface area contributed by atoms with Crippen molar-refractivity contribution in [3.05, 3.63) is 75.3 Å². The minimum absolute atomic E-state index is 0.0482. The van der Waals surface area contributed by atoms with E-state index in [1.54, 1.807) is 18.2 Å². The van der Waals surface area contributed by atoms with E-state index in [4.69, 9.17) is 0 Å².